The number of benzene rings is 1. The molecule has 4 nitrogen and oxygen atoms in total. The second-order valence-corrected chi connectivity index (χ2v) is 4.44. The minimum absolute atomic E-state index is 0.0778. The highest BCUT2D eigenvalue weighted by Crippen LogP contribution is 2.37. The fourth-order valence-electron chi connectivity index (χ4n) is 2.17. The molecule has 1 aliphatic heterocycles. The van der Waals surface area contributed by atoms with Gasteiger partial charge in [0.05, 0.1) is 0 Å². The van der Waals surface area contributed by atoms with Crippen LogP contribution in [0.4, 0.5) is 0 Å². The van der Waals surface area contributed by atoms with Crippen LogP contribution in [-0.2, 0) is 0 Å². The fourth-order valence-corrected chi connectivity index (χ4v) is 2.17. The Bertz CT molecular complexity index is 402. The molecule has 0 radical (unpaired) electrons. The van der Waals surface area contributed by atoms with Crippen LogP contribution in [0, 0.1) is 12.8 Å². The summed E-state index contributed by atoms with van der Waals surface area (Å²) in [6.07, 6.45) is 0.853. The molecule has 0 aliphatic carbocycles. The molecule has 0 spiro atoms. The van der Waals surface area contributed by atoms with E-state index in [2.05, 4.69) is 0 Å². The van der Waals surface area contributed by atoms with Crippen LogP contribution in [0.1, 0.15) is 30.5 Å². The van der Waals surface area contributed by atoms with E-state index in [1.165, 1.54) is 0 Å². The van der Waals surface area contributed by atoms with Crippen molar-refractivity contribution in [2.45, 2.75) is 26.3 Å². The fraction of sp³-hybridized carbons (Fsp3) is 0.538. The third-order valence-corrected chi connectivity index (χ3v) is 3.39. The van der Waals surface area contributed by atoms with Crippen LogP contribution < -0.4 is 15.2 Å². The first kappa shape index (κ1) is 12.2. The number of rotatable bonds is 4. The van der Waals surface area contributed by atoms with E-state index in [9.17, 15) is 5.11 Å². The van der Waals surface area contributed by atoms with E-state index >= 15 is 0 Å². The Morgan fingerprint density at radius 2 is 2.00 bits per heavy atom. The molecule has 0 amide bonds. The second-order valence-electron chi connectivity index (χ2n) is 4.44. The van der Waals surface area contributed by atoms with Gasteiger partial charge in [0.15, 0.2) is 11.5 Å². The molecule has 0 saturated carbocycles. The van der Waals surface area contributed by atoms with E-state index in [-0.39, 0.29) is 25.4 Å². The molecule has 0 fully saturated rings. The first-order valence-corrected chi connectivity index (χ1v) is 5.94. The molecule has 1 aliphatic rings. The first-order chi connectivity index (χ1) is 8.17. The van der Waals surface area contributed by atoms with Gasteiger partial charge in [0, 0.05) is 18.6 Å². The Morgan fingerprint density at radius 1 is 1.35 bits per heavy atom. The van der Waals surface area contributed by atoms with Gasteiger partial charge in [0.2, 0.25) is 6.79 Å². The van der Waals surface area contributed by atoms with Crippen molar-refractivity contribution >= 4 is 0 Å². The molecule has 1 heterocycles. The number of fused-ring (bicyclic) bond motifs is 1. The summed E-state index contributed by atoms with van der Waals surface area (Å²) in [5, 5.41) is 9.31. The monoisotopic (exact) mass is 237 g/mol. The molecule has 3 N–H and O–H groups in total. The molecule has 1 aromatic rings. The highest BCUT2D eigenvalue weighted by Gasteiger charge is 2.22. The van der Waals surface area contributed by atoms with Crippen LogP contribution in [0.25, 0.3) is 0 Å². The molecule has 4 heteroatoms. The van der Waals surface area contributed by atoms with Gasteiger partial charge in [-0.25, -0.2) is 0 Å². The standard InChI is InChI=1S/C13H19NO3/c1-3-9(6-15)13(14)10-5-12-11(4-8(10)2)16-7-17-12/h4-5,9,13,15H,3,6-7,14H2,1-2H3. The van der Waals surface area contributed by atoms with Gasteiger partial charge >= 0.3 is 0 Å². The van der Waals surface area contributed by atoms with Crippen LogP contribution in [0.2, 0.25) is 0 Å². The molecule has 1 aromatic carbocycles. The lowest BCUT2D eigenvalue weighted by Gasteiger charge is -2.22. The highest BCUT2D eigenvalue weighted by atomic mass is 16.7. The summed E-state index contributed by atoms with van der Waals surface area (Å²) in [7, 11) is 0. The Labute approximate surface area is 101 Å². The number of nitrogens with two attached hydrogens (primary N) is 1. The third-order valence-electron chi connectivity index (χ3n) is 3.39. The number of aryl methyl sites for hydroxylation is 1. The molecule has 0 saturated heterocycles. The quantitative estimate of drug-likeness (QED) is 0.837. The molecule has 2 rings (SSSR count). The third kappa shape index (κ3) is 2.23. The van der Waals surface area contributed by atoms with Crippen molar-refractivity contribution in [1.82, 2.24) is 0 Å². The van der Waals surface area contributed by atoms with E-state index in [0.717, 1.165) is 29.0 Å². The Morgan fingerprint density at radius 3 is 2.59 bits per heavy atom. The zero-order valence-electron chi connectivity index (χ0n) is 10.3. The van der Waals surface area contributed by atoms with E-state index in [1.54, 1.807) is 0 Å². The maximum Gasteiger partial charge on any atom is 0.231 e. The normalized spacial score (nSPS) is 16.9. The molecular weight excluding hydrogens is 218 g/mol. The average molecular weight is 237 g/mol. The van der Waals surface area contributed by atoms with Gasteiger partial charge in [0.25, 0.3) is 0 Å². The minimum atomic E-state index is -0.167. The average Bonchev–Trinajstić information content (AvgIpc) is 2.76. The number of ether oxygens (including phenoxy) is 2. The van der Waals surface area contributed by atoms with Gasteiger partial charge in [-0.2, -0.15) is 0 Å². The number of aliphatic hydroxyl groups is 1. The number of hydrogen-bond donors (Lipinski definition) is 2. The molecule has 2 unspecified atom stereocenters. The summed E-state index contributed by atoms with van der Waals surface area (Å²) in [5.41, 5.74) is 8.30. The number of hydrogen-bond acceptors (Lipinski definition) is 4. The highest BCUT2D eigenvalue weighted by molar-refractivity contribution is 5.49. The van der Waals surface area contributed by atoms with Gasteiger partial charge in [-0.3, -0.25) is 0 Å². The van der Waals surface area contributed by atoms with Gasteiger partial charge in [-0.15, -0.1) is 0 Å². The summed E-state index contributed by atoms with van der Waals surface area (Å²) in [6.45, 7) is 4.40. The largest absolute Gasteiger partial charge is 0.454 e. The van der Waals surface area contributed by atoms with Crippen molar-refractivity contribution in [2.75, 3.05) is 13.4 Å². The zero-order chi connectivity index (χ0) is 12.4. The second kappa shape index (κ2) is 4.94. The van der Waals surface area contributed by atoms with Gasteiger partial charge in [-0.1, -0.05) is 6.92 Å². The van der Waals surface area contributed by atoms with Crippen molar-refractivity contribution in [2.24, 2.45) is 11.7 Å². The van der Waals surface area contributed by atoms with E-state index in [4.69, 9.17) is 15.2 Å². The van der Waals surface area contributed by atoms with E-state index < -0.39 is 0 Å². The summed E-state index contributed by atoms with van der Waals surface area (Å²) in [5.74, 6) is 1.60. The Balaban J connectivity index is 2.32. The van der Waals surface area contributed by atoms with Crippen molar-refractivity contribution in [3.05, 3.63) is 23.3 Å². The lowest BCUT2D eigenvalue weighted by Crippen LogP contribution is -2.24. The van der Waals surface area contributed by atoms with Gasteiger partial charge in [-0.05, 0) is 36.6 Å². The van der Waals surface area contributed by atoms with Crippen LogP contribution >= 0.6 is 0 Å². The summed E-state index contributed by atoms with van der Waals surface area (Å²) in [6, 6.07) is 3.71. The lowest BCUT2D eigenvalue weighted by atomic mass is 9.89. The SMILES string of the molecule is CCC(CO)C(N)c1cc2c(cc1C)OCO2. The van der Waals surface area contributed by atoms with Gasteiger partial charge in [0.1, 0.15) is 0 Å². The predicted octanol–water partition coefficient (Wildman–Crippen LogP) is 1.74. The first-order valence-electron chi connectivity index (χ1n) is 5.94. The number of aliphatic hydroxyl groups excluding tert-OH is 1. The summed E-state index contributed by atoms with van der Waals surface area (Å²) < 4.78 is 10.7. The predicted molar refractivity (Wildman–Crippen MR) is 65.1 cm³/mol. The molecule has 0 aromatic heterocycles. The summed E-state index contributed by atoms with van der Waals surface area (Å²) >= 11 is 0. The summed E-state index contributed by atoms with van der Waals surface area (Å²) in [4.78, 5) is 0. The molecule has 94 valence electrons. The van der Waals surface area contributed by atoms with E-state index in [1.807, 2.05) is 26.0 Å². The van der Waals surface area contributed by atoms with E-state index in [0.29, 0.717) is 0 Å². The van der Waals surface area contributed by atoms with Gasteiger partial charge < -0.3 is 20.3 Å². The van der Waals surface area contributed by atoms with Crippen molar-refractivity contribution < 1.29 is 14.6 Å². The maximum atomic E-state index is 9.31. The topological polar surface area (TPSA) is 64.7 Å². The van der Waals surface area contributed by atoms with Crippen LogP contribution in [0.15, 0.2) is 12.1 Å². The van der Waals surface area contributed by atoms with Crippen LogP contribution in [0.5, 0.6) is 11.5 Å². The Hall–Kier alpha value is -1.26. The smallest absolute Gasteiger partial charge is 0.231 e. The molecule has 2 atom stereocenters. The van der Waals surface area contributed by atoms with Crippen molar-refractivity contribution in [1.29, 1.82) is 0 Å². The van der Waals surface area contributed by atoms with Crippen molar-refractivity contribution in [3.8, 4) is 11.5 Å². The maximum absolute atomic E-state index is 9.31. The minimum Gasteiger partial charge on any atom is -0.454 e. The van der Waals surface area contributed by atoms with Crippen LogP contribution in [0.3, 0.4) is 0 Å². The zero-order valence-corrected chi connectivity index (χ0v) is 10.3. The molecule has 17 heavy (non-hydrogen) atoms. The molecular formula is C13H19NO3. The Kier molecular flexibility index (Phi) is 3.54. The molecule has 0 bridgehead atoms. The van der Waals surface area contributed by atoms with Crippen molar-refractivity contribution in [3.63, 3.8) is 0 Å². The van der Waals surface area contributed by atoms with Crippen LogP contribution in [-0.4, -0.2) is 18.5 Å². The lowest BCUT2D eigenvalue weighted by molar-refractivity contribution is 0.173.